The van der Waals surface area contributed by atoms with Crippen molar-refractivity contribution in [3.63, 3.8) is 0 Å². The molecule has 0 aliphatic rings. The van der Waals surface area contributed by atoms with E-state index in [9.17, 15) is 0 Å². The molecule has 1 unspecified atom stereocenters. The first kappa shape index (κ1) is 13.6. The summed E-state index contributed by atoms with van der Waals surface area (Å²) in [6.07, 6.45) is 1.51. The molecule has 4 nitrogen and oxygen atoms in total. The van der Waals surface area contributed by atoms with Crippen LogP contribution in [-0.2, 0) is 6.54 Å². The molecule has 0 saturated carbocycles. The number of rotatable bonds is 5. The Labute approximate surface area is 114 Å². The van der Waals surface area contributed by atoms with Gasteiger partial charge in [-0.15, -0.1) is 0 Å². The molecule has 1 aromatic carbocycles. The van der Waals surface area contributed by atoms with Crippen molar-refractivity contribution in [2.24, 2.45) is 0 Å². The summed E-state index contributed by atoms with van der Waals surface area (Å²) in [5, 5.41) is 8.84. The minimum Gasteiger partial charge on any atom is -0.326 e. The molecule has 2 rings (SSSR count). The highest BCUT2D eigenvalue weighted by atomic mass is 15.2. The number of benzene rings is 1. The van der Waals surface area contributed by atoms with Gasteiger partial charge in [0.15, 0.2) is 0 Å². The van der Waals surface area contributed by atoms with Gasteiger partial charge in [-0.1, -0.05) is 19.1 Å². The summed E-state index contributed by atoms with van der Waals surface area (Å²) >= 11 is 0. The summed E-state index contributed by atoms with van der Waals surface area (Å²) in [6, 6.07) is 10.6. The second-order valence-electron chi connectivity index (χ2n) is 4.91. The first-order valence-corrected chi connectivity index (χ1v) is 6.67. The summed E-state index contributed by atoms with van der Waals surface area (Å²) in [5.41, 5.74) is 2.13. The van der Waals surface area contributed by atoms with Gasteiger partial charge in [0.25, 0.3) is 0 Å². The number of nitrogens with zero attached hydrogens (tertiary/aromatic N) is 4. The molecule has 0 radical (unpaired) electrons. The van der Waals surface area contributed by atoms with Crippen molar-refractivity contribution in [3.05, 3.63) is 30.1 Å². The van der Waals surface area contributed by atoms with Gasteiger partial charge in [-0.05, 0) is 32.6 Å². The van der Waals surface area contributed by atoms with Crippen molar-refractivity contribution >= 4 is 11.0 Å². The summed E-state index contributed by atoms with van der Waals surface area (Å²) in [6.45, 7) is 2.87. The summed E-state index contributed by atoms with van der Waals surface area (Å²) < 4.78 is 2.19. The first-order valence-electron chi connectivity index (χ1n) is 6.67. The van der Waals surface area contributed by atoms with Crippen LogP contribution in [0.4, 0.5) is 0 Å². The molecule has 0 bridgehead atoms. The largest absolute Gasteiger partial charge is 0.326 e. The second-order valence-corrected chi connectivity index (χ2v) is 4.91. The van der Waals surface area contributed by atoms with Gasteiger partial charge in [-0.3, -0.25) is 4.90 Å². The normalized spacial score (nSPS) is 12.8. The molecule has 2 aromatic rings. The number of nitriles is 1. The number of hydrogen-bond donors (Lipinski definition) is 0. The first-order chi connectivity index (χ1) is 9.19. The Hall–Kier alpha value is -1.86. The number of aromatic nitrogens is 2. The van der Waals surface area contributed by atoms with Crippen LogP contribution >= 0.6 is 0 Å². The van der Waals surface area contributed by atoms with Crippen LogP contribution in [0.1, 0.15) is 31.6 Å². The van der Waals surface area contributed by atoms with Crippen LogP contribution in [0.15, 0.2) is 24.3 Å². The number of fused-ring (bicyclic) bond motifs is 1. The SMILES string of the molecule is CCC(c1nc2ccccc2n1CCC#N)N(C)C. The third-order valence-electron chi connectivity index (χ3n) is 3.44. The third-order valence-corrected chi connectivity index (χ3v) is 3.44. The van der Waals surface area contributed by atoms with E-state index in [-0.39, 0.29) is 6.04 Å². The second kappa shape index (κ2) is 5.85. The van der Waals surface area contributed by atoms with E-state index in [2.05, 4.69) is 42.6 Å². The van der Waals surface area contributed by atoms with Crippen molar-refractivity contribution in [1.29, 1.82) is 5.26 Å². The van der Waals surface area contributed by atoms with Crippen LogP contribution in [-0.4, -0.2) is 28.5 Å². The average Bonchev–Trinajstić information content (AvgIpc) is 2.75. The van der Waals surface area contributed by atoms with Crippen molar-refractivity contribution in [1.82, 2.24) is 14.5 Å². The molecule has 1 atom stereocenters. The molecule has 100 valence electrons. The molecular weight excluding hydrogens is 236 g/mol. The number of imidazole rings is 1. The molecule has 1 heterocycles. The maximum atomic E-state index is 8.84. The molecule has 0 spiro atoms. The minimum absolute atomic E-state index is 0.283. The predicted octanol–water partition coefficient (Wildman–Crippen LogP) is 2.96. The van der Waals surface area contributed by atoms with E-state index in [0.29, 0.717) is 13.0 Å². The van der Waals surface area contributed by atoms with Crippen molar-refractivity contribution in [2.75, 3.05) is 14.1 Å². The Balaban J connectivity index is 2.55. The fourth-order valence-electron chi connectivity index (χ4n) is 2.52. The maximum Gasteiger partial charge on any atom is 0.127 e. The summed E-state index contributed by atoms with van der Waals surface area (Å²) in [5.74, 6) is 1.06. The lowest BCUT2D eigenvalue weighted by molar-refractivity contribution is 0.273. The molecule has 0 saturated heterocycles. The van der Waals surface area contributed by atoms with Crippen LogP contribution in [0.5, 0.6) is 0 Å². The van der Waals surface area contributed by atoms with Crippen LogP contribution in [0, 0.1) is 11.3 Å². The van der Waals surface area contributed by atoms with Crippen molar-refractivity contribution < 1.29 is 0 Å². The topological polar surface area (TPSA) is 44.9 Å². The zero-order valence-corrected chi connectivity index (χ0v) is 11.8. The van der Waals surface area contributed by atoms with E-state index in [4.69, 9.17) is 10.2 Å². The molecule has 19 heavy (non-hydrogen) atoms. The lowest BCUT2D eigenvalue weighted by Crippen LogP contribution is -2.23. The lowest BCUT2D eigenvalue weighted by Gasteiger charge is -2.23. The fraction of sp³-hybridized carbons (Fsp3) is 0.467. The highest BCUT2D eigenvalue weighted by molar-refractivity contribution is 5.76. The Bertz CT molecular complexity index is 592. The van der Waals surface area contributed by atoms with Gasteiger partial charge in [-0.2, -0.15) is 5.26 Å². The molecule has 0 aliphatic heterocycles. The lowest BCUT2D eigenvalue weighted by atomic mass is 10.2. The zero-order valence-electron chi connectivity index (χ0n) is 11.8. The smallest absolute Gasteiger partial charge is 0.127 e. The molecule has 4 heteroatoms. The van der Waals surface area contributed by atoms with Gasteiger partial charge >= 0.3 is 0 Å². The molecule has 1 aromatic heterocycles. The van der Waals surface area contributed by atoms with E-state index < -0.39 is 0 Å². The molecular formula is C15H20N4. The van der Waals surface area contributed by atoms with E-state index in [1.807, 2.05) is 18.2 Å². The van der Waals surface area contributed by atoms with E-state index >= 15 is 0 Å². The van der Waals surface area contributed by atoms with Crippen LogP contribution in [0.3, 0.4) is 0 Å². The van der Waals surface area contributed by atoms with Gasteiger partial charge in [0, 0.05) is 6.54 Å². The molecule has 0 N–H and O–H groups in total. The Morgan fingerprint density at radius 3 is 2.74 bits per heavy atom. The van der Waals surface area contributed by atoms with Gasteiger partial charge in [0.1, 0.15) is 5.82 Å². The van der Waals surface area contributed by atoms with Crippen LogP contribution < -0.4 is 0 Å². The Morgan fingerprint density at radius 2 is 2.11 bits per heavy atom. The Morgan fingerprint density at radius 1 is 1.37 bits per heavy atom. The monoisotopic (exact) mass is 256 g/mol. The summed E-state index contributed by atoms with van der Waals surface area (Å²) in [7, 11) is 4.14. The number of aryl methyl sites for hydroxylation is 1. The average molecular weight is 256 g/mol. The predicted molar refractivity (Wildman–Crippen MR) is 76.7 cm³/mol. The standard InChI is InChI=1S/C15H20N4/c1-4-13(18(2)3)15-17-12-8-5-6-9-14(12)19(15)11-7-10-16/h5-6,8-9,13H,4,7,11H2,1-3H3. The summed E-state index contributed by atoms with van der Waals surface area (Å²) in [4.78, 5) is 6.95. The van der Waals surface area contributed by atoms with Crippen molar-refractivity contribution in [3.8, 4) is 6.07 Å². The number of hydrogen-bond acceptors (Lipinski definition) is 3. The van der Waals surface area contributed by atoms with Crippen LogP contribution in [0.2, 0.25) is 0 Å². The highest BCUT2D eigenvalue weighted by Crippen LogP contribution is 2.26. The molecule has 0 fully saturated rings. The van der Waals surface area contributed by atoms with E-state index in [1.54, 1.807) is 0 Å². The van der Waals surface area contributed by atoms with Crippen LogP contribution in [0.25, 0.3) is 11.0 Å². The maximum absolute atomic E-state index is 8.84. The highest BCUT2D eigenvalue weighted by Gasteiger charge is 2.20. The fourth-order valence-corrected chi connectivity index (χ4v) is 2.52. The molecule has 0 aliphatic carbocycles. The quantitative estimate of drug-likeness (QED) is 0.826. The van der Waals surface area contributed by atoms with Gasteiger partial charge in [0.05, 0.1) is 29.6 Å². The van der Waals surface area contributed by atoms with Gasteiger partial charge < -0.3 is 4.57 Å². The van der Waals surface area contributed by atoms with Gasteiger partial charge in [0.2, 0.25) is 0 Å². The zero-order chi connectivity index (χ0) is 13.8. The van der Waals surface area contributed by atoms with E-state index in [0.717, 1.165) is 23.3 Å². The number of para-hydroxylation sites is 2. The third kappa shape index (κ3) is 2.61. The molecule has 0 amide bonds. The minimum atomic E-state index is 0.283. The van der Waals surface area contributed by atoms with Crippen molar-refractivity contribution in [2.45, 2.75) is 32.4 Å². The Kier molecular flexibility index (Phi) is 4.18. The van der Waals surface area contributed by atoms with E-state index in [1.165, 1.54) is 0 Å². The van der Waals surface area contributed by atoms with Gasteiger partial charge in [-0.25, -0.2) is 4.98 Å².